The Balaban J connectivity index is 3.61. The van der Waals surface area contributed by atoms with Gasteiger partial charge in [-0.1, -0.05) is 0 Å². The third kappa shape index (κ3) is 5.67. The third-order valence-electron chi connectivity index (χ3n) is 2.45. The van der Waals surface area contributed by atoms with Crippen molar-refractivity contribution in [3.05, 3.63) is 0 Å². The van der Waals surface area contributed by atoms with Crippen molar-refractivity contribution >= 4 is 11.8 Å². The lowest BCUT2D eigenvalue weighted by Crippen LogP contribution is -2.37. The van der Waals surface area contributed by atoms with Gasteiger partial charge in [-0.2, -0.15) is 0 Å². The Morgan fingerprint density at radius 1 is 0.875 bits per heavy atom. The molecule has 0 aliphatic carbocycles. The number of unbranched alkanes of at least 4 members (excludes halogenated alkanes) is 1. The largest absolute Gasteiger partial charge is 0.281 e. The summed E-state index contributed by atoms with van der Waals surface area (Å²) in [6, 6.07) is 0. The predicted octanol–water partition coefficient (Wildman–Crippen LogP) is -0.268. The minimum absolute atomic E-state index is 0.0388. The summed E-state index contributed by atoms with van der Waals surface area (Å²) >= 11 is 0. The van der Waals surface area contributed by atoms with E-state index in [0.717, 1.165) is 12.8 Å². The van der Waals surface area contributed by atoms with Crippen LogP contribution in [0.2, 0.25) is 0 Å². The Kier molecular flexibility index (Phi) is 7.49. The lowest BCUT2D eigenvalue weighted by Gasteiger charge is -2.16. The van der Waals surface area contributed by atoms with E-state index in [4.69, 9.17) is 0 Å². The fourth-order valence-corrected chi connectivity index (χ4v) is 1.14. The molecule has 94 valence electrons. The van der Waals surface area contributed by atoms with Crippen LogP contribution in [-0.4, -0.2) is 50.0 Å². The zero-order valence-corrected chi connectivity index (χ0v) is 10.5. The number of hydrogen-bond donors (Lipinski definition) is 2. The van der Waals surface area contributed by atoms with E-state index in [1.807, 2.05) is 0 Å². The molecule has 16 heavy (non-hydrogen) atoms. The second kappa shape index (κ2) is 8.06. The lowest BCUT2D eigenvalue weighted by molar-refractivity contribution is -0.134. The van der Waals surface area contributed by atoms with Crippen LogP contribution in [0.4, 0.5) is 0 Å². The molecule has 0 unspecified atom stereocenters. The van der Waals surface area contributed by atoms with Crippen LogP contribution in [-0.2, 0) is 9.59 Å². The van der Waals surface area contributed by atoms with Gasteiger partial charge >= 0.3 is 0 Å². The molecule has 0 rings (SSSR count). The first-order chi connectivity index (χ1) is 7.52. The summed E-state index contributed by atoms with van der Waals surface area (Å²) in [5.41, 5.74) is 5.48. The molecule has 6 heteroatoms. The van der Waals surface area contributed by atoms with Gasteiger partial charge in [0.1, 0.15) is 0 Å². The molecule has 0 saturated heterocycles. The van der Waals surface area contributed by atoms with Crippen molar-refractivity contribution in [1.29, 1.82) is 0 Å². The van der Waals surface area contributed by atoms with E-state index < -0.39 is 0 Å². The second-order valence-electron chi connectivity index (χ2n) is 3.56. The zero-order valence-electron chi connectivity index (χ0n) is 10.5. The summed E-state index contributed by atoms with van der Waals surface area (Å²) in [6.07, 6.45) is 2.39. The fraction of sp³-hybridized carbons (Fsp3) is 0.800. The summed E-state index contributed by atoms with van der Waals surface area (Å²) in [5.74, 6) is 0.0776. The van der Waals surface area contributed by atoms with E-state index in [-0.39, 0.29) is 11.8 Å². The summed E-state index contributed by atoms with van der Waals surface area (Å²) in [7, 11) is 6.76. The summed E-state index contributed by atoms with van der Waals surface area (Å²) in [5, 5.41) is 2.89. The van der Waals surface area contributed by atoms with Crippen molar-refractivity contribution in [2.75, 3.05) is 28.2 Å². The molecule has 0 aliphatic rings. The molecule has 0 fully saturated rings. The van der Waals surface area contributed by atoms with Crippen molar-refractivity contribution in [3.63, 3.8) is 0 Å². The van der Waals surface area contributed by atoms with Gasteiger partial charge in [0, 0.05) is 41.0 Å². The number of rotatable bonds is 7. The van der Waals surface area contributed by atoms with Crippen molar-refractivity contribution < 1.29 is 9.59 Å². The van der Waals surface area contributed by atoms with Gasteiger partial charge in [0.15, 0.2) is 0 Å². The zero-order chi connectivity index (χ0) is 12.6. The molecule has 0 saturated carbocycles. The van der Waals surface area contributed by atoms with Gasteiger partial charge in [-0.05, 0) is 12.8 Å². The van der Waals surface area contributed by atoms with Crippen LogP contribution < -0.4 is 10.9 Å². The quantitative estimate of drug-likeness (QED) is 0.467. The number of nitrogens with zero attached hydrogens (tertiary/aromatic N) is 2. The first-order valence-electron chi connectivity index (χ1n) is 5.40. The number of nitrogens with one attached hydrogen (secondary N) is 2. The molecule has 0 aliphatic heterocycles. The van der Waals surface area contributed by atoms with Crippen molar-refractivity contribution in [2.24, 2.45) is 0 Å². The second-order valence-corrected chi connectivity index (χ2v) is 3.56. The predicted molar refractivity (Wildman–Crippen MR) is 62.1 cm³/mol. The minimum atomic E-state index is 0.0388. The van der Waals surface area contributed by atoms with E-state index in [0.29, 0.717) is 12.8 Å². The van der Waals surface area contributed by atoms with Crippen LogP contribution in [0.1, 0.15) is 25.7 Å². The standard InChI is InChI=1S/C10H22N4O2/c1-11-13(3)9(15)7-5-6-8-10(16)14(4)12-2/h11-12H,5-8H2,1-4H3. The molecule has 0 aromatic carbocycles. The lowest BCUT2D eigenvalue weighted by atomic mass is 10.2. The number of carbonyl (C=O) groups excluding carboxylic acids is 2. The monoisotopic (exact) mass is 230 g/mol. The molecule has 0 aromatic heterocycles. The SMILES string of the molecule is CNN(C)C(=O)CCCCC(=O)N(C)NC. The van der Waals surface area contributed by atoms with Crippen LogP contribution in [0.5, 0.6) is 0 Å². The van der Waals surface area contributed by atoms with Crippen molar-refractivity contribution in [2.45, 2.75) is 25.7 Å². The third-order valence-corrected chi connectivity index (χ3v) is 2.45. The van der Waals surface area contributed by atoms with Gasteiger partial charge in [-0.15, -0.1) is 0 Å². The van der Waals surface area contributed by atoms with Gasteiger partial charge in [-0.25, -0.2) is 10.9 Å². The van der Waals surface area contributed by atoms with E-state index in [9.17, 15) is 9.59 Å². The van der Waals surface area contributed by atoms with Crippen LogP contribution in [0.25, 0.3) is 0 Å². The van der Waals surface area contributed by atoms with Gasteiger partial charge in [0.05, 0.1) is 0 Å². The Hall–Kier alpha value is -1.14. The Labute approximate surface area is 96.9 Å². The highest BCUT2D eigenvalue weighted by atomic mass is 16.2. The van der Waals surface area contributed by atoms with Gasteiger partial charge < -0.3 is 0 Å². The molecular formula is C10H22N4O2. The molecule has 2 amide bonds. The summed E-state index contributed by atoms with van der Waals surface area (Å²) in [4.78, 5) is 22.7. The Bertz CT molecular complexity index is 209. The van der Waals surface area contributed by atoms with Crippen molar-refractivity contribution in [1.82, 2.24) is 20.9 Å². The molecular weight excluding hydrogens is 208 g/mol. The first-order valence-corrected chi connectivity index (χ1v) is 5.40. The van der Waals surface area contributed by atoms with Crippen LogP contribution in [0.3, 0.4) is 0 Å². The van der Waals surface area contributed by atoms with E-state index in [1.165, 1.54) is 10.0 Å². The van der Waals surface area contributed by atoms with E-state index >= 15 is 0 Å². The van der Waals surface area contributed by atoms with Crippen molar-refractivity contribution in [3.8, 4) is 0 Å². The molecule has 2 N–H and O–H groups in total. The average Bonchev–Trinajstić information content (AvgIpc) is 2.31. The molecule has 6 nitrogen and oxygen atoms in total. The molecule has 0 heterocycles. The molecule has 0 aromatic rings. The average molecular weight is 230 g/mol. The van der Waals surface area contributed by atoms with Crippen LogP contribution in [0, 0.1) is 0 Å². The minimum Gasteiger partial charge on any atom is -0.281 e. The highest BCUT2D eigenvalue weighted by Gasteiger charge is 2.08. The topological polar surface area (TPSA) is 64.7 Å². The summed E-state index contributed by atoms with van der Waals surface area (Å²) in [6.45, 7) is 0. The maximum absolute atomic E-state index is 11.4. The molecule has 0 atom stereocenters. The highest BCUT2D eigenvalue weighted by Crippen LogP contribution is 2.02. The van der Waals surface area contributed by atoms with Gasteiger partial charge in [0.2, 0.25) is 11.8 Å². The maximum atomic E-state index is 11.4. The van der Waals surface area contributed by atoms with E-state index in [2.05, 4.69) is 10.9 Å². The molecule has 0 spiro atoms. The number of amides is 2. The maximum Gasteiger partial charge on any atom is 0.236 e. The number of hydrazine groups is 2. The first kappa shape index (κ1) is 14.9. The summed E-state index contributed by atoms with van der Waals surface area (Å²) < 4.78 is 0. The van der Waals surface area contributed by atoms with Crippen LogP contribution >= 0.6 is 0 Å². The van der Waals surface area contributed by atoms with E-state index in [1.54, 1.807) is 28.2 Å². The van der Waals surface area contributed by atoms with Crippen LogP contribution in [0.15, 0.2) is 0 Å². The number of hydrogen-bond acceptors (Lipinski definition) is 4. The normalized spacial score (nSPS) is 10.0. The smallest absolute Gasteiger partial charge is 0.236 e. The van der Waals surface area contributed by atoms with Gasteiger partial charge in [-0.3, -0.25) is 19.6 Å². The highest BCUT2D eigenvalue weighted by molar-refractivity contribution is 5.76. The number of carbonyl (C=O) groups is 2. The Morgan fingerprint density at radius 3 is 1.44 bits per heavy atom. The van der Waals surface area contributed by atoms with Gasteiger partial charge in [0.25, 0.3) is 0 Å². The molecule has 0 bridgehead atoms. The fourth-order valence-electron chi connectivity index (χ4n) is 1.14. The molecule has 0 radical (unpaired) electrons. The Morgan fingerprint density at radius 2 is 1.19 bits per heavy atom.